The van der Waals surface area contributed by atoms with Gasteiger partial charge in [0.15, 0.2) is 0 Å². The van der Waals surface area contributed by atoms with Crippen molar-refractivity contribution in [3.05, 3.63) is 52.4 Å². The molecule has 5 nitrogen and oxygen atoms in total. The molecule has 108 valence electrons. The molecule has 1 N–H and O–H groups in total. The average Bonchev–Trinajstić information content (AvgIpc) is 2.48. The second kappa shape index (κ2) is 5.52. The van der Waals surface area contributed by atoms with E-state index >= 15 is 0 Å². The summed E-state index contributed by atoms with van der Waals surface area (Å²) < 4.78 is 0. The molecule has 0 fully saturated rings. The van der Waals surface area contributed by atoms with Gasteiger partial charge < -0.3 is 5.32 Å². The summed E-state index contributed by atoms with van der Waals surface area (Å²) in [5, 5.41) is 16.1. The summed E-state index contributed by atoms with van der Waals surface area (Å²) in [5.74, 6) is 0. The van der Waals surface area contributed by atoms with Crippen LogP contribution in [-0.4, -0.2) is 15.9 Å². The van der Waals surface area contributed by atoms with Gasteiger partial charge in [-0.3, -0.25) is 15.1 Å². The molecule has 0 saturated heterocycles. The van der Waals surface area contributed by atoms with Gasteiger partial charge in [0.2, 0.25) is 0 Å². The van der Waals surface area contributed by atoms with Crippen LogP contribution in [0.1, 0.15) is 25.0 Å². The predicted molar refractivity (Wildman–Crippen MR) is 83.5 cm³/mol. The molecule has 1 unspecified atom stereocenters. The minimum atomic E-state index is -0.355. The number of pyridine rings is 1. The maximum absolute atomic E-state index is 11.1. The van der Waals surface area contributed by atoms with Crippen molar-refractivity contribution in [2.45, 2.75) is 32.2 Å². The van der Waals surface area contributed by atoms with E-state index < -0.39 is 0 Å². The third-order valence-electron chi connectivity index (χ3n) is 3.84. The van der Waals surface area contributed by atoms with Crippen LogP contribution in [0.25, 0.3) is 10.8 Å². The predicted octanol–water partition coefficient (Wildman–Crippen LogP) is 3.97. The Morgan fingerprint density at radius 2 is 2.19 bits per heavy atom. The van der Waals surface area contributed by atoms with E-state index in [0.29, 0.717) is 11.4 Å². The molecular formula is C16H17N3O2. The Bertz CT molecular complexity index is 725. The number of hydrogen-bond acceptors (Lipinski definition) is 4. The van der Waals surface area contributed by atoms with Crippen LogP contribution >= 0.6 is 0 Å². The van der Waals surface area contributed by atoms with Crippen molar-refractivity contribution in [1.82, 2.24) is 4.98 Å². The molecule has 1 aromatic carbocycles. The minimum Gasteiger partial charge on any atom is -0.381 e. The number of nitro benzene ring substituents is 1. The maximum Gasteiger partial charge on any atom is 0.278 e. The highest BCUT2D eigenvalue weighted by molar-refractivity contribution is 5.99. The van der Waals surface area contributed by atoms with Crippen molar-refractivity contribution >= 4 is 22.1 Å². The van der Waals surface area contributed by atoms with E-state index in [9.17, 15) is 10.1 Å². The van der Waals surface area contributed by atoms with Gasteiger partial charge in [0.25, 0.3) is 5.69 Å². The van der Waals surface area contributed by atoms with Gasteiger partial charge in [-0.15, -0.1) is 0 Å². The average molecular weight is 283 g/mol. The fourth-order valence-electron chi connectivity index (χ4n) is 2.76. The second-order valence-electron chi connectivity index (χ2n) is 5.39. The van der Waals surface area contributed by atoms with Crippen LogP contribution in [0.15, 0.2) is 36.5 Å². The number of anilines is 1. The lowest BCUT2D eigenvalue weighted by molar-refractivity contribution is -0.383. The first kappa shape index (κ1) is 13.5. The summed E-state index contributed by atoms with van der Waals surface area (Å²) in [6, 6.07) is 5.65. The van der Waals surface area contributed by atoms with Crippen molar-refractivity contribution < 1.29 is 4.92 Å². The molecule has 2 aromatic rings. The molecule has 0 bridgehead atoms. The zero-order valence-corrected chi connectivity index (χ0v) is 11.9. The number of rotatable bonds is 3. The van der Waals surface area contributed by atoms with Crippen LogP contribution in [0.3, 0.4) is 0 Å². The van der Waals surface area contributed by atoms with E-state index in [4.69, 9.17) is 0 Å². The van der Waals surface area contributed by atoms with Crippen LogP contribution in [0, 0.1) is 17.0 Å². The van der Waals surface area contributed by atoms with Crippen molar-refractivity contribution in [2.24, 2.45) is 0 Å². The van der Waals surface area contributed by atoms with Gasteiger partial charge in [-0.1, -0.05) is 12.2 Å². The Hall–Kier alpha value is -2.43. The highest BCUT2D eigenvalue weighted by atomic mass is 16.6. The SMILES string of the molecule is Cc1cc2c(NC3CC=CCC3)ccc([N+](=O)[O-])c2cn1. The Morgan fingerprint density at radius 3 is 2.90 bits per heavy atom. The summed E-state index contributed by atoms with van der Waals surface area (Å²) in [7, 11) is 0. The van der Waals surface area contributed by atoms with Gasteiger partial charge in [-0.2, -0.15) is 0 Å². The normalized spacial score (nSPS) is 17.9. The number of allylic oxidation sites excluding steroid dienone is 1. The van der Waals surface area contributed by atoms with Gasteiger partial charge in [0.05, 0.1) is 10.3 Å². The molecule has 1 aromatic heterocycles. The number of hydrogen-bond donors (Lipinski definition) is 1. The molecule has 1 aliphatic carbocycles. The van der Waals surface area contributed by atoms with E-state index in [1.54, 1.807) is 18.3 Å². The summed E-state index contributed by atoms with van der Waals surface area (Å²) in [5.41, 5.74) is 1.91. The lowest BCUT2D eigenvalue weighted by Crippen LogP contribution is -2.20. The molecule has 0 radical (unpaired) electrons. The Kier molecular flexibility index (Phi) is 3.56. The molecule has 1 aliphatic rings. The van der Waals surface area contributed by atoms with Crippen LogP contribution in [-0.2, 0) is 0 Å². The summed E-state index contributed by atoms with van der Waals surface area (Å²) in [6.45, 7) is 1.89. The number of nitrogens with zero attached hydrogens (tertiary/aromatic N) is 2. The number of fused-ring (bicyclic) bond motifs is 1. The highest BCUT2D eigenvalue weighted by Gasteiger charge is 2.17. The summed E-state index contributed by atoms with van der Waals surface area (Å²) >= 11 is 0. The van der Waals surface area contributed by atoms with Crippen LogP contribution < -0.4 is 5.32 Å². The number of nitro groups is 1. The maximum atomic E-state index is 11.1. The fraction of sp³-hybridized carbons (Fsp3) is 0.312. The van der Waals surface area contributed by atoms with Crippen molar-refractivity contribution in [1.29, 1.82) is 0 Å². The first-order valence-corrected chi connectivity index (χ1v) is 7.10. The third kappa shape index (κ3) is 2.72. The quantitative estimate of drug-likeness (QED) is 0.525. The smallest absolute Gasteiger partial charge is 0.278 e. The molecule has 1 atom stereocenters. The monoisotopic (exact) mass is 283 g/mol. The van der Waals surface area contributed by atoms with E-state index in [1.807, 2.05) is 13.0 Å². The van der Waals surface area contributed by atoms with Gasteiger partial charge in [0, 0.05) is 35.1 Å². The van der Waals surface area contributed by atoms with E-state index in [0.717, 1.165) is 36.0 Å². The molecular weight excluding hydrogens is 266 g/mol. The summed E-state index contributed by atoms with van der Waals surface area (Å²) in [4.78, 5) is 15.0. The van der Waals surface area contributed by atoms with Gasteiger partial charge in [-0.05, 0) is 38.3 Å². The van der Waals surface area contributed by atoms with Crippen molar-refractivity contribution in [2.75, 3.05) is 5.32 Å². The lowest BCUT2D eigenvalue weighted by atomic mass is 10.0. The molecule has 5 heteroatoms. The number of nitrogens with one attached hydrogen (secondary N) is 1. The molecule has 0 spiro atoms. The molecule has 0 aliphatic heterocycles. The summed E-state index contributed by atoms with van der Waals surface area (Å²) in [6.07, 6.45) is 9.11. The second-order valence-corrected chi connectivity index (χ2v) is 5.39. The molecule has 0 saturated carbocycles. The Balaban J connectivity index is 2.06. The largest absolute Gasteiger partial charge is 0.381 e. The standard InChI is InChI=1S/C16H17N3O2/c1-11-9-13-14(10-17-11)16(19(20)21)8-7-15(13)18-12-5-3-2-4-6-12/h2-3,7-10,12,18H,4-6H2,1H3. The highest BCUT2D eigenvalue weighted by Crippen LogP contribution is 2.32. The topological polar surface area (TPSA) is 68.1 Å². The van der Waals surface area contributed by atoms with E-state index in [1.165, 1.54) is 0 Å². The van der Waals surface area contributed by atoms with Gasteiger partial charge >= 0.3 is 0 Å². The third-order valence-corrected chi connectivity index (χ3v) is 3.84. The minimum absolute atomic E-state index is 0.103. The van der Waals surface area contributed by atoms with Crippen LogP contribution in [0.4, 0.5) is 11.4 Å². The zero-order valence-electron chi connectivity index (χ0n) is 11.9. The lowest BCUT2D eigenvalue weighted by Gasteiger charge is -2.21. The van der Waals surface area contributed by atoms with Gasteiger partial charge in [0.1, 0.15) is 0 Å². The number of aromatic nitrogens is 1. The molecule has 0 amide bonds. The number of benzene rings is 1. The van der Waals surface area contributed by atoms with Gasteiger partial charge in [-0.25, -0.2) is 0 Å². The zero-order chi connectivity index (χ0) is 14.8. The van der Waals surface area contributed by atoms with Crippen molar-refractivity contribution in [3.63, 3.8) is 0 Å². The first-order chi connectivity index (χ1) is 10.1. The van der Waals surface area contributed by atoms with Crippen LogP contribution in [0.5, 0.6) is 0 Å². The Labute approximate surface area is 122 Å². The van der Waals surface area contributed by atoms with Crippen molar-refractivity contribution in [3.8, 4) is 0 Å². The molecule has 21 heavy (non-hydrogen) atoms. The number of non-ortho nitro benzene ring substituents is 1. The molecule has 3 rings (SSSR count). The fourth-order valence-corrected chi connectivity index (χ4v) is 2.76. The molecule has 1 heterocycles. The van der Waals surface area contributed by atoms with Crippen LogP contribution in [0.2, 0.25) is 0 Å². The number of aryl methyl sites for hydroxylation is 1. The van der Waals surface area contributed by atoms with E-state index in [-0.39, 0.29) is 10.6 Å². The van der Waals surface area contributed by atoms with E-state index in [2.05, 4.69) is 22.5 Å². The first-order valence-electron chi connectivity index (χ1n) is 7.10. The Morgan fingerprint density at radius 1 is 1.33 bits per heavy atom.